The molecule has 0 aromatic heterocycles. The van der Waals surface area contributed by atoms with Crippen LogP contribution >= 0.6 is 15.9 Å². The molecule has 2 atom stereocenters. The highest BCUT2D eigenvalue weighted by Gasteiger charge is 2.19. The van der Waals surface area contributed by atoms with E-state index in [-0.39, 0.29) is 12.4 Å². The van der Waals surface area contributed by atoms with Crippen LogP contribution in [0.1, 0.15) is 43.0 Å². The third-order valence-electron chi connectivity index (χ3n) is 3.80. The van der Waals surface area contributed by atoms with E-state index >= 15 is 0 Å². The van der Waals surface area contributed by atoms with Crippen molar-refractivity contribution in [2.45, 2.75) is 32.6 Å². The number of rotatable bonds is 5. The van der Waals surface area contributed by atoms with E-state index < -0.39 is 0 Å². The molecule has 0 saturated heterocycles. The first-order valence-corrected chi connectivity index (χ1v) is 7.81. The van der Waals surface area contributed by atoms with Crippen LogP contribution in [-0.4, -0.2) is 19.0 Å². The molecular formula is C16H21BrO2. The minimum atomic E-state index is 0.0661. The Bertz CT molecular complexity index is 413. The lowest BCUT2D eigenvalue weighted by Gasteiger charge is -2.26. The summed E-state index contributed by atoms with van der Waals surface area (Å²) in [6.07, 6.45) is 5.13. The molecule has 2 nitrogen and oxygen atoms in total. The molecule has 1 aromatic rings. The molecule has 1 aromatic carbocycles. The van der Waals surface area contributed by atoms with E-state index in [1.807, 2.05) is 24.3 Å². The van der Waals surface area contributed by atoms with Gasteiger partial charge >= 0.3 is 0 Å². The zero-order chi connectivity index (χ0) is 13.7. The standard InChI is InChI=1S/C16H21BrO2/c1-12-3-2-4-13(9-12)10-19-11-16(18)14-5-7-15(17)8-6-14/h5-8,12-13H,2-4,9-11H2,1H3. The molecule has 0 amide bonds. The van der Waals surface area contributed by atoms with Gasteiger partial charge in [0.15, 0.2) is 5.78 Å². The number of benzene rings is 1. The Labute approximate surface area is 123 Å². The van der Waals surface area contributed by atoms with Crippen LogP contribution in [0.3, 0.4) is 0 Å². The summed E-state index contributed by atoms with van der Waals surface area (Å²) in [6.45, 7) is 3.23. The van der Waals surface area contributed by atoms with Gasteiger partial charge in [0.25, 0.3) is 0 Å². The van der Waals surface area contributed by atoms with Crippen LogP contribution in [0.2, 0.25) is 0 Å². The summed E-state index contributed by atoms with van der Waals surface area (Å²) in [6, 6.07) is 7.43. The smallest absolute Gasteiger partial charge is 0.188 e. The number of hydrogen-bond donors (Lipinski definition) is 0. The molecule has 0 heterocycles. The summed E-state index contributed by atoms with van der Waals surface area (Å²) in [4.78, 5) is 11.9. The second-order valence-electron chi connectivity index (χ2n) is 5.58. The topological polar surface area (TPSA) is 26.3 Å². The van der Waals surface area contributed by atoms with Crippen LogP contribution in [-0.2, 0) is 4.74 Å². The van der Waals surface area contributed by atoms with Crippen LogP contribution in [0.5, 0.6) is 0 Å². The minimum absolute atomic E-state index is 0.0661. The molecule has 0 spiro atoms. The SMILES string of the molecule is CC1CCCC(COCC(=O)c2ccc(Br)cc2)C1. The number of hydrogen-bond acceptors (Lipinski definition) is 2. The average molecular weight is 325 g/mol. The normalized spacial score (nSPS) is 23.3. The van der Waals surface area contributed by atoms with Crippen molar-refractivity contribution in [1.82, 2.24) is 0 Å². The van der Waals surface area contributed by atoms with E-state index in [2.05, 4.69) is 22.9 Å². The molecule has 1 saturated carbocycles. The summed E-state index contributed by atoms with van der Waals surface area (Å²) in [7, 11) is 0. The molecule has 3 heteroatoms. The molecule has 0 aliphatic heterocycles. The van der Waals surface area contributed by atoms with Gasteiger partial charge in [-0.05, 0) is 36.8 Å². The Morgan fingerprint density at radius 1 is 1.32 bits per heavy atom. The number of ketones is 1. The molecule has 0 bridgehead atoms. The van der Waals surface area contributed by atoms with Gasteiger partial charge in [-0.1, -0.05) is 47.8 Å². The maximum absolute atomic E-state index is 11.9. The molecule has 1 fully saturated rings. The summed E-state index contributed by atoms with van der Waals surface area (Å²) in [5.41, 5.74) is 0.722. The molecule has 19 heavy (non-hydrogen) atoms. The summed E-state index contributed by atoms with van der Waals surface area (Å²) < 4.78 is 6.59. The second-order valence-corrected chi connectivity index (χ2v) is 6.50. The Morgan fingerprint density at radius 2 is 2.05 bits per heavy atom. The van der Waals surface area contributed by atoms with Crippen LogP contribution in [0.4, 0.5) is 0 Å². The van der Waals surface area contributed by atoms with Gasteiger partial charge in [0, 0.05) is 10.0 Å². The van der Waals surface area contributed by atoms with E-state index in [4.69, 9.17) is 4.74 Å². The Balaban J connectivity index is 1.73. The van der Waals surface area contributed by atoms with Crippen molar-refractivity contribution in [1.29, 1.82) is 0 Å². The van der Waals surface area contributed by atoms with Crippen molar-refractivity contribution in [2.75, 3.05) is 13.2 Å². The zero-order valence-corrected chi connectivity index (χ0v) is 13.0. The van der Waals surface area contributed by atoms with Gasteiger partial charge in [0.2, 0.25) is 0 Å². The number of halogens is 1. The first-order valence-electron chi connectivity index (χ1n) is 7.01. The first kappa shape index (κ1) is 14.7. The van der Waals surface area contributed by atoms with E-state index in [1.54, 1.807) is 0 Å². The maximum Gasteiger partial charge on any atom is 0.188 e. The van der Waals surface area contributed by atoms with Crippen LogP contribution < -0.4 is 0 Å². The first-order chi connectivity index (χ1) is 9.15. The fraction of sp³-hybridized carbons (Fsp3) is 0.562. The molecule has 2 rings (SSSR count). The third-order valence-corrected chi connectivity index (χ3v) is 4.33. The van der Waals surface area contributed by atoms with Crippen molar-refractivity contribution >= 4 is 21.7 Å². The zero-order valence-electron chi connectivity index (χ0n) is 11.4. The molecule has 1 aliphatic rings. The molecule has 0 N–H and O–H groups in total. The van der Waals surface area contributed by atoms with Gasteiger partial charge in [0.05, 0.1) is 6.61 Å². The lowest BCUT2D eigenvalue weighted by molar-refractivity contribution is 0.0594. The van der Waals surface area contributed by atoms with E-state index in [9.17, 15) is 4.79 Å². The van der Waals surface area contributed by atoms with Crippen molar-refractivity contribution in [3.05, 3.63) is 34.3 Å². The lowest BCUT2D eigenvalue weighted by atomic mass is 9.83. The van der Waals surface area contributed by atoms with Crippen molar-refractivity contribution in [2.24, 2.45) is 11.8 Å². The third kappa shape index (κ3) is 4.73. The summed E-state index contributed by atoms with van der Waals surface area (Å²) in [5.74, 6) is 1.52. The van der Waals surface area contributed by atoms with Gasteiger partial charge < -0.3 is 4.74 Å². The fourth-order valence-corrected chi connectivity index (χ4v) is 3.01. The molecule has 2 unspecified atom stereocenters. The van der Waals surface area contributed by atoms with Gasteiger partial charge in [-0.3, -0.25) is 4.79 Å². The number of carbonyl (C=O) groups excluding carboxylic acids is 1. The van der Waals surface area contributed by atoms with Crippen molar-refractivity contribution < 1.29 is 9.53 Å². The van der Waals surface area contributed by atoms with E-state index in [0.29, 0.717) is 5.92 Å². The second kappa shape index (κ2) is 7.20. The highest BCUT2D eigenvalue weighted by atomic mass is 79.9. The van der Waals surface area contributed by atoms with E-state index in [0.717, 1.165) is 22.6 Å². The fourth-order valence-electron chi connectivity index (χ4n) is 2.75. The van der Waals surface area contributed by atoms with Crippen molar-refractivity contribution in [3.63, 3.8) is 0 Å². The van der Waals surface area contributed by atoms with Gasteiger partial charge in [-0.15, -0.1) is 0 Å². The highest BCUT2D eigenvalue weighted by molar-refractivity contribution is 9.10. The van der Waals surface area contributed by atoms with Crippen molar-refractivity contribution in [3.8, 4) is 0 Å². The average Bonchev–Trinajstić information content (AvgIpc) is 2.39. The Morgan fingerprint density at radius 3 is 2.74 bits per heavy atom. The highest BCUT2D eigenvalue weighted by Crippen LogP contribution is 2.28. The molecular weight excluding hydrogens is 304 g/mol. The molecule has 104 valence electrons. The van der Waals surface area contributed by atoms with Gasteiger partial charge in [0.1, 0.15) is 6.61 Å². The summed E-state index contributed by atoms with van der Waals surface area (Å²) in [5, 5.41) is 0. The number of ether oxygens (including phenoxy) is 1. The van der Waals surface area contributed by atoms with Crippen LogP contribution in [0, 0.1) is 11.8 Å². The minimum Gasteiger partial charge on any atom is -0.373 e. The Kier molecular flexibility index (Phi) is 5.59. The Hall–Kier alpha value is -0.670. The number of Topliss-reactive ketones (excluding diaryl/α,β-unsaturated/α-hetero) is 1. The molecule has 1 aliphatic carbocycles. The maximum atomic E-state index is 11.9. The van der Waals surface area contributed by atoms with Crippen LogP contribution in [0.15, 0.2) is 28.7 Å². The van der Waals surface area contributed by atoms with E-state index in [1.165, 1.54) is 25.7 Å². The largest absolute Gasteiger partial charge is 0.373 e. The predicted octanol–water partition coefficient (Wildman–Crippen LogP) is 4.47. The van der Waals surface area contributed by atoms with Gasteiger partial charge in [-0.25, -0.2) is 0 Å². The monoisotopic (exact) mass is 324 g/mol. The number of carbonyl (C=O) groups is 1. The lowest BCUT2D eigenvalue weighted by Crippen LogP contribution is -2.20. The molecule has 0 radical (unpaired) electrons. The van der Waals surface area contributed by atoms with Gasteiger partial charge in [-0.2, -0.15) is 0 Å². The predicted molar refractivity (Wildman–Crippen MR) is 80.4 cm³/mol. The quantitative estimate of drug-likeness (QED) is 0.747. The van der Waals surface area contributed by atoms with Crippen LogP contribution in [0.25, 0.3) is 0 Å². The summed E-state index contributed by atoms with van der Waals surface area (Å²) >= 11 is 3.36.